The number of imidazole rings is 1. The predicted molar refractivity (Wildman–Crippen MR) is 111 cm³/mol. The summed E-state index contributed by atoms with van der Waals surface area (Å²) in [7, 11) is 0. The molecular weight excluding hydrogens is 368 g/mol. The average Bonchev–Trinajstić information content (AvgIpc) is 3.31. The Hall–Kier alpha value is -2.98. The molecule has 0 aliphatic heterocycles. The third-order valence-corrected chi connectivity index (χ3v) is 6.27. The van der Waals surface area contributed by atoms with Gasteiger partial charge in [0.15, 0.2) is 10.8 Å². The van der Waals surface area contributed by atoms with Crippen molar-refractivity contribution in [1.29, 1.82) is 5.26 Å². The maximum atomic E-state index is 9.10. The molecule has 6 nitrogen and oxygen atoms in total. The summed E-state index contributed by atoms with van der Waals surface area (Å²) in [6.45, 7) is 0.664. The third kappa shape index (κ3) is 3.32. The quantitative estimate of drug-likeness (QED) is 0.548. The third-order valence-electron chi connectivity index (χ3n) is 5.32. The van der Waals surface area contributed by atoms with Gasteiger partial charge in [0.25, 0.3) is 0 Å². The highest BCUT2D eigenvalue weighted by Crippen LogP contribution is 2.30. The smallest absolute Gasteiger partial charge is 0.184 e. The molecule has 5 rings (SSSR count). The highest BCUT2D eigenvalue weighted by molar-refractivity contribution is 7.22. The predicted octanol–water partition coefficient (Wildman–Crippen LogP) is 4.71. The van der Waals surface area contributed by atoms with Crippen LogP contribution in [0.4, 0.5) is 5.13 Å². The van der Waals surface area contributed by atoms with Crippen molar-refractivity contribution in [3.8, 4) is 6.07 Å². The first-order chi connectivity index (χ1) is 13.8. The lowest BCUT2D eigenvalue weighted by atomic mass is 9.96. The maximum Gasteiger partial charge on any atom is 0.184 e. The largest absolute Gasteiger partial charge is 0.359 e. The van der Waals surface area contributed by atoms with E-state index < -0.39 is 0 Å². The minimum atomic E-state index is 0.408. The van der Waals surface area contributed by atoms with Gasteiger partial charge in [-0.15, -0.1) is 0 Å². The zero-order chi connectivity index (χ0) is 18.9. The monoisotopic (exact) mass is 388 g/mol. The van der Waals surface area contributed by atoms with Gasteiger partial charge in [-0.05, 0) is 42.7 Å². The number of thiazole rings is 1. The number of hydrogen-bond acceptors (Lipinski definition) is 6. The van der Waals surface area contributed by atoms with Gasteiger partial charge in [0.1, 0.15) is 17.3 Å². The summed E-state index contributed by atoms with van der Waals surface area (Å²) in [5.74, 6) is 0. The summed E-state index contributed by atoms with van der Waals surface area (Å²) < 4.78 is 3.17. The van der Waals surface area contributed by atoms with Gasteiger partial charge in [0, 0.05) is 6.04 Å². The summed E-state index contributed by atoms with van der Waals surface area (Å²) in [5, 5.41) is 13.7. The van der Waals surface area contributed by atoms with Gasteiger partial charge >= 0.3 is 0 Å². The topological polar surface area (TPSA) is 79.4 Å². The molecule has 4 aromatic rings. The van der Waals surface area contributed by atoms with E-state index in [1.807, 2.05) is 10.6 Å². The number of nitrogens with zero attached hydrogens (tertiary/aromatic N) is 5. The molecule has 0 saturated heterocycles. The van der Waals surface area contributed by atoms with Crippen molar-refractivity contribution in [3.63, 3.8) is 0 Å². The van der Waals surface area contributed by atoms with Crippen LogP contribution in [-0.2, 0) is 6.54 Å². The first-order valence-corrected chi connectivity index (χ1v) is 10.5. The zero-order valence-electron chi connectivity index (χ0n) is 15.4. The molecule has 0 unspecified atom stereocenters. The number of anilines is 1. The molecule has 0 spiro atoms. The Morgan fingerprint density at radius 2 is 1.96 bits per heavy atom. The van der Waals surface area contributed by atoms with Gasteiger partial charge in [-0.3, -0.25) is 0 Å². The summed E-state index contributed by atoms with van der Waals surface area (Å²) in [6.07, 6.45) is 8.25. The molecule has 1 N–H and O–H groups in total. The van der Waals surface area contributed by atoms with Crippen LogP contribution in [0, 0.1) is 11.3 Å². The van der Waals surface area contributed by atoms with E-state index >= 15 is 0 Å². The van der Waals surface area contributed by atoms with Crippen LogP contribution in [0.15, 0.2) is 36.7 Å². The van der Waals surface area contributed by atoms with Crippen molar-refractivity contribution in [2.45, 2.75) is 44.7 Å². The fourth-order valence-corrected chi connectivity index (χ4v) is 4.87. The molecule has 140 valence electrons. The Bertz CT molecular complexity index is 1180. The molecule has 1 aliphatic carbocycles. The van der Waals surface area contributed by atoms with E-state index in [4.69, 9.17) is 10.2 Å². The van der Waals surface area contributed by atoms with Gasteiger partial charge in [-0.25, -0.2) is 15.0 Å². The van der Waals surface area contributed by atoms with E-state index in [9.17, 15) is 0 Å². The zero-order valence-corrected chi connectivity index (χ0v) is 16.2. The Labute approximate surface area is 166 Å². The standard InChI is InChI=1S/C21H20N6S/c22-11-16-7-9-18-20(24-16)27(13-23-18)12-14-6-8-17-19(10-14)28-21(26-17)25-15-4-2-1-3-5-15/h6-10,13,15H,1-5,12H2,(H,25,26). The number of fused-ring (bicyclic) bond motifs is 2. The van der Waals surface area contributed by atoms with Crippen LogP contribution in [0.5, 0.6) is 0 Å². The Morgan fingerprint density at radius 3 is 2.82 bits per heavy atom. The second kappa shape index (κ2) is 7.21. The van der Waals surface area contributed by atoms with Gasteiger partial charge < -0.3 is 9.88 Å². The van der Waals surface area contributed by atoms with Crippen LogP contribution in [-0.4, -0.2) is 25.6 Å². The Balaban J connectivity index is 1.40. The van der Waals surface area contributed by atoms with Crippen LogP contribution >= 0.6 is 11.3 Å². The lowest BCUT2D eigenvalue weighted by molar-refractivity contribution is 0.462. The van der Waals surface area contributed by atoms with E-state index in [2.05, 4.69) is 39.6 Å². The Kier molecular flexibility index (Phi) is 4.41. The number of nitrogens with one attached hydrogen (secondary N) is 1. The molecule has 1 aromatic carbocycles. The summed E-state index contributed by atoms with van der Waals surface area (Å²) in [4.78, 5) is 13.6. The van der Waals surface area contributed by atoms with Crippen molar-refractivity contribution in [3.05, 3.63) is 47.9 Å². The number of benzene rings is 1. The Morgan fingerprint density at radius 1 is 1.11 bits per heavy atom. The van der Waals surface area contributed by atoms with Crippen LogP contribution in [0.1, 0.15) is 43.4 Å². The van der Waals surface area contributed by atoms with Gasteiger partial charge in [-0.2, -0.15) is 5.26 Å². The van der Waals surface area contributed by atoms with E-state index in [0.29, 0.717) is 18.3 Å². The summed E-state index contributed by atoms with van der Waals surface area (Å²) in [6, 6.07) is 12.6. The first kappa shape index (κ1) is 17.1. The van der Waals surface area contributed by atoms with E-state index in [0.717, 1.165) is 21.8 Å². The number of hydrogen-bond donors (Lipinski definition) is 1. The van der Waals surface area contributed by atoms with Crippen LogP contribution in [0.2, 0.25) is 0 Å². The number of aromatic nitrogens is 4. The maximum absolute atomic E-state index is 9.10. The summed E-state index contributed by atoms with van der Waals surface area (Å²) >= 11 is 1.72. The molecule has 1 fully saturated rings. The van der Waals surface area contributed by atoms with Crippen molar-refractivity contribution in [2.75, 3.05) is 5.32 Å². The average molecular weight is 389 g/mol. The number of rotatable bonds is 4. The molecule has 0 bridgehead atoms. The SMILES string of the molecule is N#Cc1ccc2ncn(Cc3ccc4nc(NC5CCCCC5)sc4c3)c2n1. The minimum Gasteiger partial charge on any atom is -0.359 e. The molecule has 0 radical (unpaired) electrons. The second-order valence-corrected chi connectivity index (χ2v) is 8.35. The van der Waals surface area contributed by atoms with Crippen molar-refractivity contribution < 1.29 is 0 Å². The lowest BCUT2D eigenvalue weighted by Crippen LogP contribution is -2.21. The highest BCUT2D eigenvalue weighted by Gasteiger charge is 2.15. The molecule has 1 saturated carbocycles. The van der Waals surface area contributed by atoms with Crippen molar-refractivity contribution in [2.24, 2.45) is 0 Å². The fraction of sp³-hybridized carbons (Fsp3) is 0.333. The molecule has 0 atom stereocenters. The van der Waals surface area contributed by atoms with Gasteiger partial charge in [0.2, 0.25) is 0 Å². The molecule has 7 heteroatoms. The fourth-order valence-electron chi connectivity index (χ4n) is 3.87. The number of pyridine rings is 1. The van der Waals surface area contributed by atoms with Crippen LogP contribution in [0.25, 0.3) is 21.4 Å². The van der Waals surface area contributed by atoms with Gasteiger partial charge in [0.05, 0.1) is 23.1 Å². The molecule has 28 heavy (non-hydrogen) atoms. The molecule has 3 heterocycles. The van der Waals surface area contributed by atoms with Crippen molar-refractivity contribution >= 4 is 37.8 Å². The van der Waals surface area contributed by atoms with E-state index in [1.54, 1.807) is 23.7 Å². The molecule has 3 aromatic heterocycles. The summed E-state index contributed by atoms with van der Waals surface area (Å²) in [5.41, 5.74) is 4.15. The lowest BCUT2D eigenvalue weighted by Gasteiger charge is -2.22. The number of nitriles is 1. The second-order valence-electron chi connectivity index (χ2n) is 7.32. The van der Waals surface area contributed by atoms with Crippen LogP contribution in [0.3, 0.4) is 0 Å². The normalized spacial score (nSPS) is 15.1. The minimum absolute atomic E-state index is 0.408. The van der Waals surface area contributed by atoms with Crippen LogP contribution < -0.4 is 5.32 Å². The van der Waals surface area contributed by atoms with E-state index in [1.165, 1.54) is 42.4 Å². The highest BCUT2D eigenvalue weighted by atomic mass is 32.1. The van der Waals surface area contributed by atoms with E-state index in [-0.39, 0.29) is 0 Å². The van der Waals surface area contributed by atoms with Crippen molar-refractivity contribution in [1.82, 2.24) is 19.5 Å². The molecule has 0 amide bonds. The molecular formula is C21H20N6S. The first-order valence-electron chi connectivity index (χ1n) is 9.66. The van der Waals surface area contributed by atoms with Gasteiger partial charge in [-0.1, -0.05) is 36.7 Å². The molecule has 1 aliphatic rings.